The Kier molecular flexibility index (Phi) is 7.30. The molecular weight excluding hydrogens is 522 g/mol. The van der Waals surface area contributed by atoms with Crippen LogP contribution in [0.15, 0.2) is 93.2 Å². The summed E-state index contributed by atoms with van der Waals surface area (Å²) < 4.78 is 2.35. The molecule has 0 aliphatic heterocycles. The van der Waals surface area contributed by atoms with E-state index in [-0.39, 0.29) is 17.3 Å². The van der Waals surface area contributed by atoms with Gasteiger partial charge in [-0.1, -0.05) is 46.3 Å². The molecule has 182 valence electrons. The molecule has 1 heterocycles. The number of rotatable bonds is 6. The molecule has 4 aromatic rings. The van der Waals surface area contributed by atoms with Crippen LogP contribution in [0.1, 0.15) is 15.9 Å². The highest BCUT2D eigenvalue weighted by Crippen LogP contribution is 2.39. The SMILES string of the molecule is CN(C)c1ccc(C=C(NC(=O)c2ccccc2)C(=O)N=Nc2c(O)n(C)c3ccc(Br)cc23)cc1. The second kappa shape index (κ2) is 10.6. The fourth-order valence-corrected chi connectivity index (χ4v) is 3.96. The predicted octanol–water partition coefficient (Wildman–Crippen LogP) is 5.79. The zero-order valence-electron chi connectivity index (χ0n) is 19.9. The van der Waals surface area contributed by atoms with Gasteiger partial charge in [-0.25, -0.2) is 0 Å². The monoisotopic (exact) mass is 545 g/mol. The molecule has 2 amide bonds. The van der Waals surface area contributed by atoms with Crippen molar-refractivity contribution in [2.75, 3.05) is 19.0 Å². The lowest BCUT2D eigenvalue weighted by atomic mass is 10.1. The molecule has 8 nitrogen and oxygen atoms in total. The van der Waals surface area contributed by atoms with Gasteiger partial charge in [-0.3, -0.25) is 9.59 Å². The van der Waals surface area contributed by atoms with Gasteiger partial charge in [-0.05, 0) is 54.1 Å². The second-order valence-corrected chi connectivity index (χ2v) is 9.18. The third kappa shape index (κ3) is 5.36. The quantitative estimate of drug-likeness (QED) is 0.236. The highest BCUT2D eigenvalue weighted by molar-refractivity contribution is 9.10. The zero-order chi connectivity index (χ0) is 25.8. The Labute approximate surface area is 216 Å². The predicted molar refractivity (Wildman–Crippen MR) is 144 cm³/mol. The Balaban J connectivity index is 1.69. The molecule has 2 N–H and O–H groups in total. The average molecular weight is 546 g/mol. The van der Waals surface area contributed by atoms with Crippen LogP contribution in [0.4, 0.5) is 11.4 Å². The maximum atomic E-state index is 13.1. The molecule has 0 aliphatic rings. The molecule has 0 bridgehead atoms. The van der Waals surface area contributed by atoms with Crippen molar-refractivity contribution in [3.8, 4) is 5.88 Å². The van der Waals surface area contributed by atoms with Crippen LogP contribution in [0.3, 0.4) is 0 Å². The van der Waals surface area contributed by atoms with Crippen molar-refractivity contribution in [2.45, 2.75) is 0 Å². The van der Waals surface area contributed by atoms with Crippen LogP contribution in [-0.4, -0.2) is 35.6 Å². The molecule has 0 atom stereocenters. The summed E-state index contributed by atoms with van der Waals surface area (Å²) in [5.41, 5.74) is 2.92. The van der Waals surface area contributed by atoms with Gasteiger partial charge >= 0.3 is 5.91 Å². The smallest absolute Gasteiger partial charge is 0.311 e. The minimum Gasteiger partial charge on any atom is -0.493 e. The van der Waals surface area contributed by atoms with Crippen LogP contribution >= 0.6 is 15.9 Å². The van der Waals surface area contributed by atoms with E-state index in [9.17, 15) is 14.7 Å². The number of amides is 2. The minimum atomic E-state index is -0.762. The third-order valence-electron chi connectivity index (χ3n) is 5.58. The standard InChI is InChI=1S/C27H24BrN5O3/c1-32(2)20-12-9-17(10-13-20)15-22(29-25(34)18-7-5-4-6-8-18)26(35)31-30-24-21-16-19(28)11-14-23(21)33(3)27(24)36/h4-16,36H,1-3H3,(H,29,34). The van der Waals surface area contributed by atoms with E-state index >= 15 is 0 Å². The van der Waals surface area contributed by atoms with E-state index in [1.165, 1.54) is 0 Å². The number of anilines is 1. The normalized spacial score (nSPS) is 11.7. The van der Waals surface area contributed by atoms with Gasteiger partial charge in [0.15, 0.2) is 5.69 Å². The minimum absolute atomic E-state index is 0.0499. The van der Waals surface area contributed by atoms with Crippen LogP contribution < -0.4 is 10.2 Å². The van der Waals surface area contributed by atoms with Crippen molar-refractivity contribution in [2.24, 2.45) is 17.3 Å². The van der Waals surface area contributed by atoms with Crippen molar-refractivity contribution in [1.82, 2.24) is 9.88 Å². The molecular formula is C27H24BrN5O3. The van der Waals surface area contributed by atoms with Gasteiger partial charge in [0.25, 0.3) is 5.91 Å². The van der Waals surface area contributed by atoms with E-state index in [0.29, 0.717) is 16.5 Å². The highest BCUT2D eigenvalue weighted by atomic mass is 79.9. The van der Waals surface area contributed by atoms with E-state index in [0.717, 1.165) is 15.7 Å². The van der Waals surface area contributed by atoms with Crippen molar-refractivity contribution < 1.29 is 14.7 Å². The summed E-state index contributed by atoms with van der Waals surface area (Å²) in [6.07, 6.45) is 1.54. The number of fused-ring (bicyclic) bond motifs is 1. The van der Waals surface area contributed by atoms with Crippen molar-refractivity contribution in [1.29, 1.82) is 0 Å². The van der Waals surface area contributed by atoms with Crippen LogP contribution in [0.2, 0.25) is 0 Å². The van der Waals surface area contributed by atoms with Gasteiger partial charge in [0.05, 0.1) is 5.52 Å². The first-order chi connectivity index (χ1) is 17.2. The average Bonchev–Trinajstić information content (AvgIpc) is 3.11. The van der Waals surface area contributed by atoms with E-state index in [1.807, 2.05) is 55.4 Å². The van der Waals surface area contributed by atoms with Crippen molar-refractivity contribution >= 4 is 56.1 Å². The first-order valence-corrected chi connectivity index (χ1v) is 11.8. The number of benzene rings is 3. The number of carbonyl (C=O) groups excluding carboxylic acids is 2. The van der Waals surface area contributed by atoms with E-state index in [2.05, 4.69) is 31.5 Å². The van der Waals surface area contributed by atoms with E-state index in [4.69, 9.17) is 0 Å². The number of carbonyl (C=O) groups is 2. The van der Waals surface area contributed by atoms with E-state index < -0.39 is 11.8 Å². The maximum Gasteiger partial charge on any atom is 0.311 e. The molecule has 36 heavy (non-hydrogen) atoms. The Hall–Kier alpha value is -4.24. The first kappa shape index (κ1) is 24.9. The molecule has 0 radical (unpaired) electrons. The fourth-order valence-electron chi connectivity index (χ4n) is 3.60. The molecule has 0 saturated carbocycles. The fraction of sp³-hybridized carbons (Fsp3) is 0.111. The summed E-state index contributed by atoms with van der Waals surface area (Å²) in [5, 5.41) is 21.7. The molecule has 0 unspecified atom stereocenters. The Bertz CT molecular complexity index is 1490. The topological polar surface area (TPSA) is 99.3 Å². The summed E-state index contributed by atoms with van der Waals surface area (Å²) in [5.74, 6) is -1.34. The summed E-state index contributed by atoms with van der Waals surface area (Å²) in [6.45, 7) is 0. The van der Waals surface area contributed by atoms with Gasteiger partial charge in [0.1, 0.15) is 5.70 Å². The van der Waals surface area contributed by atoms with Crippen molar-refractivity contribution in [3.05, 3.63) is 94.1 Å². The first-order valence-electron chi connectivity index (χ1n) is 11.0. The number of azo groups is 1. The van der Waals surface area contributed by atoms with Crippen LogP contribution in [0, 0.1) is 0 Å². The molecule has 0 aliphatic carbocycles. The number of aromatic hydroxyl groups is 1. The second-order valence-electron chi connectivity index (χ2n) is 8.26. The van der Waals surface area contributed by atoms with Crippen molar-refractivity contribution in [3.63, 3.8) is 0 Å². The number of nitrogens with zero attached hydrogens (tertiary/aromatic N) is 4. The molecule has 0 spiro atoms. The number of halogens is 1. The van der Waals surface area contributed by atoms with Crippen LogP contribution in [0.5, 0.6) is 5.88 Å². The lowest BCUT2D eigenvalue weighted by Crippen LogP contribution is -2.26. The number of hydrogen-bond acceptors (Lipinski definition) is 5. The van der Waals surface area contributed by atoms with Crippen LogP contribution in [0.25, 0.3) is 17.0 Å². The van der Waals surface area contributed by atoms with Gasteiger partial charge < -0.3 is 19.9 Å². The molecule has 0 saturated heterocycles. The largest absolute Gasteiger partial charge is 0.493 e. The lowest BCUT2D eigenvalue weighted by molar-refractivity contribution is -0.115. The van der Waals surface area contributed by atoms with Gasteiger partial charge in [-0.15, -0.1) is 10.2 Å². The maximum absolute atomic E-state index is 13.1. The Morgan fingerprint density at radius 1 is 1.03 bits per heavy atom. The number of hydrogen-bond donors (Lipinski definition) is 2. The molecule has 3 aromatic carbocycles. The zero-order valence-corrected chi connectivity index (χ0v) is 21.5. The molecule has 1 aromatic heterocycles. The van der Waals surface area contributed by atoms with E-state index in [1.54, 1.807) is 54.1 Å². The number of nitrogens with one attached hydrogen (secondary N) is 1. The summed E-state index contributed by atoms with van der Waals surface area (Å²) in [4.78, 5) is 27.9. The highest BCUT2D eigenvalue weighted by Gasteiger charge is 2.18. The Morgan fingerprint density at radius 2 is 1.72 bits per heavy atom. The summed E-state index contributed by atoms with van der Waals surface area (Å²) in [7, 11) is 5.55. The molecule has 9 heteroatoms. The molecule has 0 fully saturated rings. The number of aryl methyl sites for hydroxylation is 1. The Morgan fingerprint density at radius 3 is 2.39 bits per heavy atom. The molecule has 4 rings (SSSR count). The number of aromatic nitrogens is 1. The van der Waals surface area contributed by atoms with Gasteiger partial charge in [0.2, 0.25) is 5.88 Å². The van der Waals surface area contributed by atoms with Gasteiger partial charge in [-0.2, -0.15) is 0 Å². The summed E-state index contributed by atoms with van der Waals surface area (Å²) in [6, 6.07) is 21.5. The summed E-state index contributed by atoms with van der Waals surface area (Å²) >= 11 is 3.41. The third-order valence-corrected chi connectivity index (χ3v) is 6.07. The van der Waals surface area contributed by atoms with Gasteiger partial charge in [0, 0.05) is 42.3 Å². The van der Waals surface area contributed by atoms with Crippen LogP contribution in [-0.2, 0) is 11.8 Å². The lowest BCUT2D eigenvalue weighted by Gasteiger charge is -2.12.